The first kappa shape index (κ1) is 19.4. The summed E-state index contributed by atoms with van der Waals surface area (Å²) < 4.78 is 30.1. The van der Waals surface area contributed by atoms with E-state index in [2.05, 4.69) is 10.0 Å². The van der Waals surface area contributed by atoms with E-state index in [1.165, 1.54) is 12.1 Å². The van der Waals surface area contributed by atoms with Crippen LogP contribution in [0.4, 0.5) is 11.4 Å². The normalized spacial score (nSPS) is 11.0. The lowest BCUT2D eigenvalue weighted by atomic mass is 10.2. The number of carbonyl (C=O) groups excluding carboxylic acids is 1. The van der Waals surface area contributed by atoms with Crippen molar-refractivity contribution in [3.05, 3.63) is 52.5 Å². The van der Waals surface area contributed by atoms with Crippen molar-refractivity contribution in [3.8, 4) is 5.75 Å². The largest absolute Gasteiger partial charge is 0.493 e. The van der Waals surface area contributed by atoms with Crippen molar-refractivity contribution < 1.29 is 17.9 Å². The molecule has 134 valence electrons. The van der Waals surface area contributed by atoms with Crippen LogP contribution in [0.3, 0.4) is 0 Å². The molecule has 2 aromatic rings. The smallest absolute Gasteiger partial charge is 0.229 e. The quantitative estimate of drug-likeness (QED) is 0.737. The average Bonchev–Trinajstić information content (AvgIpc) is 2.51. The lowest BCUT2D eigenvalue weighted by molar-refractivity contribution is -0.116. The highest BCUT2D eigenvalue weighted by Gasteiger charge is 2.09. The first-order valence-corrected chi connectivity index (χ1v) is 9.83. The number of rotatable bonds is 7. The van der Waals surface area contributed by atoms with Gasteiger partial charge in [-0.25, -0.2) is 8.42 Å². The first-order chi connectivity index (χ1) is 11.7. The van der Waals surface area contributed by atoms with E-state index in [0.717, 1.165) is 6.26 Å². The van der Waals surface area contributed by atoms with Crippen LogP contribution >= 0.6 is 23.2 Å². The van der Waals surface area contributed by atoms with Crippen LogP contribution in [0.1, 0.15) is 6.42 Å². The number of sulfonamides is 1. The third kappa shape index (κ3) is 6.81. The molecule has 9 heteroatoms. The zero-order valence-corrected chi connectivity index (χ0v) is 15.6. The van der Waals surface area contributed by atoms with Crippen LogP contribution in [0, 0.1) is 0 Å². The Labute approximate surface area is 156 Å². The van der Waals surface area contributed by atoms with Gasteiger partial charge in [-0.15, -0.1) is 0 Å². The molecule has 0 bridgehead atoms. The van der Waals surface area contributed by atoms with Crippen molar-refractivity contribution in [2.24, 2.45) is 0 Å². The standard InChI is InChI=1S/C16H16Cl2N2O4S/c1-25(22,23)20-15-7-4-12(10-14(15)18)19-16(21)8-9-24-13-5-2-11(17)3-6-13/h2-7,10,20H,8-9H2,1H3,(H,19,21). The van der Waals surface area contributed by atoms with Crippen molar-refractivity contribution >= 4 is 50.5 Å². The Morgan fingerprint density at radius 1 is 1.12 bits per heavy atom. The summed E-state index contributed by atoms with van der Waals surface area (Å²) in [4.78, 5) is 11.9. The number of halogens is 2. The summed E-state index contributed by atoms with van der Waals surface area (Å²) in [5.74, 6) is 0.366. The minimum atomic E-state index is -3.42. The van der Waals surface area contributed by atoms with Crippen LogP contribution in [0.15, 0.2) is 42.5 Å². The Morgan fingerprint density at radius 2 is 1.80 bits per heavy atom. The van der Waals surface area contributed by atoms with Crippen LogP contribution in [0.5, 0.6) is 5.75 Å². The number of amides is 1. The van der Waals surface area contributed by atoms with Gasteiger partial charge in [-0.3, -0.25) is 9.52 Å². The highest BCUT2D eigenvalue weighted by Crippen LogP contribution is 2.26. The highest BCUT2D eigenvalue weighted by atomic mass is 35.5. The van der Waals surface area contributed by atoms with Crippen molar-refractivity contribution in [1.29, 1.82) is 0 Å². The van der Waals surface area contributed by atoms with Crippen molar-refractivity contribution in [1.82, 2.24) is 0 Å². The van der Waals surface area contributed by atoms with Gasteiger partial charge >= 0.3 is 0 Å². The molecule has 0 aliphatic rings. The third-order valence-electron chi connectivity index (χ3n) is 2.96. The summed E-state index contributed by atoms with van der Waals surface area (Å²) in [6.07, 6.45) is 1.17. The molecule has 2 aromatic carbocycles. The molecule has 0 heterocycles. The predicted octanol–water partition coefficient (Wildman–Crippen LogP) is 3.77. The molecule has 0 spiro atoms. The van der Waals surface area contributed by atoms with Gasteiger partial charge in [0.1, 0.15) is 5.75 Å². The number of benzene rings is 2. The Balaban J connectivity index is 1.85. The third-order valence-corrected chi connectivity index (χ3v) is 4.12. The molecule has 1 amide bonds. The lowest BCUT2D eigenvalue weighted by Gasteiger charge is -2.10. The van der Waals surface area contributed by atoms with Crippen LogP contribution in [-0.2, 0) is 14.8 Å². The van der Waals surface area contributed by atoms with Gasteiger partial charge in [0.25, 0.3) is 0 Å². The second-order valence-electron chi connectivity index (χ2n) is 5.17. The molecule has 0 aliphatic heterocycles. The van der Waals surface area contributed by atoms with Crippen molar-refractivity contribution in [2.75, 3.05) is 22.9 Å². The predicted molar refractivity (Wildman–Crippen MR) is 100 cm³/mol. The van der Waals surface area contributed by atoms with Gasteiger partial charge in [-0.05, 0) is 42.5 Å². The van der Waals surface area contributed by atoms with E-state index in [1.807, 2.05) is 0 Å². The number of carbonyl (C=O) groups is 1. The van der Waals surface area contributed by atoms with Gasteiger partial charge in [-0.1, -0.05) is 23.2 Å². The zero-order chi connectivity index (χ0) is 18.4. The Hall–Kier alpha value is -1.96. The molecule has 0 atom stereocenters. The summed E-state index contributed by atoms with van der Waals surface area (Å²) in [5.41, 5.74) is 0.703. The summed E-state index contributed by atoms with van der Waals surface area (Å²) in [5, 5.41) is 3.45. The number of anilines is 2. The van der Waals surface area contributed by atoms with Gasteiger partial charge in [0.05, 0.1) is 30.0 Å². The van der Waals surface area contributed by atoms with E-state index in [4.69, 9.17) is 27.9 Å². The molecule has 25 heavy (non-hydrogen) atoms. The summed E-state index contributed by atoms with van der Waals surface area (Å²) in [6, 6.07) is 11.3. The number of ether oxygens (including phenoxy) is 1. The summed E-state index contributed by atoms with van der Waals surface area (Å²) in [7, 11) is -3.42. The molecular weight excluding hydrogens is 387 g/mol. The Kier molecular flexibility index (Phi) is 6.52. The second kappa shape index (κ2) is 8.42. The van der Waals surface area contributed by atoms with E-state index in [9.17, 15) is 13.2 Å². The molecule has 6 nitrogen and oxygen atoms in total. The van der Waals surface area contributed by atoms with Gasteiger partial charge in [0.2, 0.25) is 15.9 Å². The Morgan fingerprint density at radius 3 is 2.40 bits per heavy atom. The van der Waals surface area contributed by atoms with Gasteiger partial charge in [-0.2, -0.15) is 0 Å². The molecular formula is C16H16Cl2N2O4S. The molecule has 2 N–H and O–H groups in total. The maximum absolute atomic E-state index is 11.9. The van der Waals surface area contributed by atoms with E-state index in [0.29, 0.717) is 16.5 Å². The van der Waals surface area contributed by atoms with Crippen LogP contribution in [0.2, 0.25) is 10.0 Å². The molecule has 0 aliphatic carbocycles. The summed E-state index contributed by atoms with van der Waals surface area (Å²) >= 11 is 11.8. The fourth-order valence-electron chi connectivity index (χ4n) is 1.89. The minimum Gasteiger partial charge on any atom is -0.493 e. The fourth-order valence-corrected chi connectivity index (χ4v) is 2.88. The minimum absolute atomic E-state index is 0.142. The number of hydrogen-bond donors (Lipinski definition) is 2. The van der Waals surface area contributed by atoms with Gasteiger partial charge in [0.15, 0.2) is 0 Å². The maximum atomic E-state index is 11.9. The average molecular weight is 403 g/mol. The molecule has 0 fully saturated rings. The monoisotopic (exact) mass is 402 g/mol. The van der Waals surface area contributed by atoms with E-state index < -0.39 is 10.0 Å². The number of hydrogen-bond acceptors (Lipinski definition) is 4. The second-order valence-corrected chi connectivity index (χ2v) is 7.76. The fraction of sp³-hybridized carbons (Fsp3) is 0.188. The lowest BCUT2D eigenvalue weighted by Crippen LogP contribution is -2.15. The zero-order valence-electron chi connectivity index (χ0n) is 13.3. The maximum Gasteiger partial charge on any atom is 0.229 e. The van der Waals surface area contributed by atoms with Crippen molar-refractivity contribution in [3.63, 3.8) is 0 Å². The molecule has 0 radical (unpaired) electrons. The number of nitrogens with one attached hydrogen (secondary N) is 2. The van der Waals surface area contributed by atoms with Gasteiger partial charge in [0, 0.05) is 10.7 Å². The van der Waals surface area contributed by atoms with E-state index in [-0.39, 0.29) is 29.6 Å². The molecule has 0 aromatic heterocycles. The highest BCUT2D eigenvalue weighted by molar-refractivity contribution is 7.92. The molecule has 0 unspecified atom stereocenters. The van der Waals surface area contributed by atoms with Gasteiger partial charge < -0.3 is 10.1 Å². The molecule has 0 saturated heterocycles. The van der Waals surface area contributed by atoms with E-state index in [1.54, 1.807) is 30.3 Å². The van der Waals surface area contributed by atoms with Crippen molar-refractivity contribution in [2.45, 2.75) is 6.42 Å². The van der Waals surface area contributed by atoms with Crippen LogP contribution in [-0.4, -0.2) is 27.2 Å². The Bertz CT molecular complexity index is 855. The topological polar surface area (TPSA) is 84.5 Å². The van der Waals surface area contributed by atoms with Crippen LogP contribution < -0.4 is 14.8 Å². The summed E-state index contributed by atoms with van der Waals surface area (Å²) in [6.45, 7) is 0.203. The first-order valence-electron chi connectivity index (χ1n) is 7.18. The molecule has 0 saturated carbocycles. The molecule has 2 rings (SSSR count). The SMILES string of the molecule is CS(=O)(=O)Nc1ccc(NC(=O)CCOc2ccc(Cl)cc2)cc1Cl. The van der Waals surface area contributed by atoms with Crippen LogP contribution in [0.25, 0.3) is 0 Å². The van der Waals surface area contributed by atoms with E-state index >= 15 is 0 Å².